The topological polar surface area (TPSA) is 9.23 Å². The van der Waals surface area contributed by atoms with Crippen molar-refractivity contribution >= 4 is 8.32 Å². The van der Waals surface area contributed by atoms with E-state index in [1.165, 1.54) is 5.57 Å². The third-order valence-corrected chi connectivity index (χ3v) is 9.66. The molecule has 1 aliphatic carbocycles. The van der Waals surface area contributed by atoms with Crippen LogP contribution in [-0.2, 0) is 4.43 Å². The van der Waals surface area contributed by atoms with E-state index in [1.54, 1.807) is 0 Å². The van der Waals surface area contributed by atoms with E-state index in [-0.39, 0.29) is 11.1 Å². The van der Waals surface area contributed by atoms with Crippen molar-refractivity contribution in [3.63, 3.8) is 0 Å². The van der Waals surface area contributed by atoms with Gasteiger partial charge in [-0.15, -0.1) is 6.42 Å². The lowest BCUT2D eigenvalue weighted by Gasteiger charge is -2.44. The summed E-state index contributed by atoms with van der Waals surface area (Å²) in [5.74, 6) is 4.02. The Morgan fingerprint density at radius 3 is 2.21 bits per heavy atom. The van der Waals surface area contributed by atoms with Crippen molar-refractivity contribution in [3.05, 3.63) is 11.1 Å². The Bertz CT molecular complexity index is 406. The van der Waals surface area contributed by atoms with Gasteiger partial charge >= 0.3 is 0 Å². The van der Waals surface area contributed by atoms with Gasteiger partial charge in [-0.1, -0.05) is 40.5 Å². The minimum Gasteiger partial charge on any atom is -0.410 e. The van der Waals surface area contributed by atoms with Crippen LogP contribution in [0.4, 0.5) is 0 Å². The maximum absolute atomic E-state index is 6.66. The highest BCUT2D eigenvalue weighted by Gasteiger charge is 2.42. The molecule has 0 aromatic carbocycles. The molecule has 0 spiro atoms. The van der Waals surface area contributed by atoms with E-state index in [2.05, 4.69) is 60.6 Å². The molecule has 0 bridgehead atoms. The Morgan fingerprint density at radius 2 is 1.79 bits per heavy atom. The average molecular weight is 279 g/mol. The van der Waals surface area contributed by atoms with Crippen LogP contribution in [0.15, 0.2) is 11.1 Å². The number of terminal acetylenes is 1. The van der Waals surface area contributed by atoms with E-state index in [1.807, 2.05) is 0 Å². The zero-order chi connectivity index (χ0) is 15.0. The highest BCUT2D eigenvalue weighted by Crippen LogP contribution is 2.42. The van der Waals surface area contributed by atoms with Crippen LogP contribution in [0.25, 0.3) is 0 Å². The van der Waals surface area contributed by atoms with Crippen molar-refractivity contribution in [1.29, 1.82) is 0 Å². The standard InChI is InChI=1S/C17H30OSi/c1-10-15-11-12(2)13(3)16(14(15)4)18-19(8,9)17(5,6)7/h1,12-13,16H,11H2,2-9H3/t12-,13?,16+/m1/s1. The molecule has 1 unspecified atom stereocenters. The number of hydrogen-bond donors (Lipinski definition) is 0. The van der Waals surface area contributed by atoms with Gasteiger partial charge in [0.25, 0.3) is 0 Å². The summed E-state index contributed by atoms with van der Waals surface area (Å²) in [5.41, 5.74) is 2.45. The van der Waals surface area contributed by atoms with Crippen LogP contribution < -0.4 is 0 Å². The van der Waals surface area contributed by atoms with Gasteiger partial charge in [0.15, 0.2) is 8.32 Å². The van der Waals surface area contributed by atoms with Gasteiger partial charge < -0.3 is 4.43 Å². The largest absolute Gasteiger partial charge is 0.410 e. The maximum atomic E-state index is 6.66. The molecule has 0 fully saturated rings. The smallest absolute Gasteiger partial charge is 0.192 e. The molecule has 19 heavy (non-hydrogen) atoms. The molecule has 1 rings (SSSR count). The van der Waals surface area contributed by atoms with Crippen LogP contribution in [0, 0.1) is 24.2 Å². The third kappa shape index (κ3) is 3.33. The predicted octanol–water partition coefficient (Wildman–Crippen LogP) is 5.00. The summed E-state index contributed by atoms with van der Waals surface area (Å²) in [7, 11) is -1.75. The Hall–Kier alpha value is -0.523. The predicted molar refractivity (Wildman–Crippen MR) is 86.5 cm³/mol. The SMILES string of the molecule is C#CC1=C(C)[C@@H](O[Si](C)(C)C(C)(C)C)C(C)[C@H](C)C1. The van der Waals surface area contributed by atoms with Crippen molar-refractivity contribution < 1.29 is 4.43 Å². The molecule has 0 aromatic rings. The molecule has 0 saturated heterocycles. The first-order chi connectivity index (χ1) is 8.51. The summed E-state index contributed by atoms with van der Waals surface area (Å²) in [6, 6.07) is 0. The van der Waals surface area contributed by atoms with Gasteiger partial charge in [-0.05, 0) is 48.9 Å². The molecule has 0 amide bonds. The highest BCUT2D eigenvalue weighted by atomic mass is 28.4. The molecule has 0 heterocycles. The van der Waals surface area contributed by atoms with Crippen molar-refractivity contribution in [2.75, 3.05) is 0 Å². The van der Waals surface area contributed by atoms with E-state index >= 15 is 0 Å². The first-order valence-electron chi connectivity index (χ1n) is 7.35. The van der Waals surface area contributed by atoms with E-state index in [0.717, 1.165) is 12.0 Å². The zero-order valence-electron chi connectivity index (χ0n) is 13.9. The lowest BCUT2D eigenvalue weighted by Crippen LogP contribution is -2.47. The third-order valence-electron chi connectivity index (χ3n) is 5.21. The second-order valence-corrected chi connectivity index (χ2v) is 12.4. The molecular weight excluding hydrogens is 248 g/mol. The summed E-state index contributed by atoms with van der Waals surface area (Å²) in [6.45, 7) is 18.3. The summed E-state index contributed by atoms with van der Waals surface area (Å²) in [4.78, 5) is 0. The van der Waals surface area contributed by atoms with E-state index in [0.29, 0.717) is 11.8 Å². The highest BCUT2D eigenvalue weighted by molar-refractivity contribution is 6.74. The summed E-state index contributed by atoms with van der Waals surface area (Å²) < 4.78 is 6.66. The Labute approximate surface area is 120 Å². The number of rotatable bonds is 2. The van der Waals surface area contributed by atoms with Gasteiger partial charge in [0.1, 0.15) is 0 Å². The van der Waals surface area contributed by atoms with Crippen LogP contribution in [0.5, 0.6) is 0 Å². The zero-order valence-corrected chi connectivity index (χ0v) is 14.9. The molecule has 0 N–H and O–H groups in total. The van der Waals surface area contributed by atoms with Crippen LogP contribution >= 0.6 is 0 Å². The van der Waals surface area contributed by atoms with Crippen molar-refractivity contribution in [2.24, 2.45) is 11.8 Å². The van der Waals surface area contributed by atoms with Crippen molar-refractivity contribution in [2.45, 2.75) is 72.2 Å². The number of hydrogen-bond acceptors (Lipinski definition) is 1. The molecule has 1 nitrogen and oxygen atoms in total. The second kappa shape index (κ2) is 5.46. The van der Waals surface area contributed by atoms with Gasteiger partial charge in [-0.2, -0.15) is 0 Å². The summed E-state index contributed by atoms with van der Waals surface area (Å²) in [6.07, 6.45) is 6.89. The van der Waals surface area contributed by atoms with Gasteiger partial charge in [0, 0.05) is 5.57 Å². The van der Waals surface area contributed by atoms with E-state index in [4.69, 9.17) is 10.8 Å². The normalized spacial score (nSPS) is 29.3. The average Bonchev–Trinajstić information content (AvgIpc) is 2.27. The molecule has 0 saturated carbocycles. The number of allylic oxidation sites excluding steroid dienone is 1. The monoisotopic (exact) mass is 278 g/mol. The maximum Gasteiger partial charge on any atom is 0.192 e. The fourth-order valence-corrected chi connectivity index (χ4v) is 3.78. The second-order valence-electron chi connectivity index (χ2n) is 7.65. The summed E-state index contributed by atoms with van der Waals surface area (Å²) in [5, 5.41) is 0.240. The van der Waals surface area contributed by atoms with Crippen LogP contribution in [0.2, 0.25) is 18.1 Å². The van der Waals surface area contributed by atoms with Gasteiger partial charge in [-0.25, -0.2) is 0 Å². The Balaban J connectivity index is 3.08. The van der Waals surface area contributed by atoms with Crippen molar-refractivity contribution in [1.82, 2.24) is 0 Å². The van der Waals surface area contributed by atoms with Crippen molar-refractivity contribution in [3.8, 4) is 12.3 Å². The molecular formula is C17H30OSi. The Kier molecular flexibility index (Phi) is 4.75. The lowest BCUT2D eigenvalue weighted by atomic mass is 9.76. The molecule has 0 aliphatic heterocycles. The molecule has 1 aliphatic rings. The minimum absolute atomic E-state index is 0.204. The van der Waals surface area contributed by atoms with E-state index < -0.39 is 8.32 Å². The molecule has 0 aromatic heterocycles. The molecule has 108 valence electrons. The van der Waals surface area contributed by atoms with Gasteiger partial charge in [-0.3, -0.25) is 0 Å². The lowest BCUT2D eigenvalue weighted by molar-refractivity contribution is 0.115. The van der Waals surface area contributed by atoms with Gasteiger partial charge in [0.2, 0.25) is 0 Å². The quantitative estimate of drug-likeness (QED) is 0.510. The van der Waals surface area contributed by atoms with Crippen LogP contribution in [0.3, 0.4) is 0 Å². The first-order valence-corrected chi connectivity index (χ1v) is 10.3. The van der Waals surface area contributed by atoms with E-state index in [9.17, 15) is 0 Å². The fourth-order valence-electron chi connectivity index (χ4n) is 2.40. The molecule has 2 heteroatoms. The molecule has 3 atom stereocenters. The first kappa shape index (κ1) is 16.5. The summed E-state index contributed by atoms with van der Waals surface area (Å²) >= 11 is 0. The minimum atomic E-state index is -1.75. The fraction of sp³-hybridized carbons (Fsp3) is 0.765. The van der Waals surface area contributed by atoms with Gasteiger partial charge in [0.05, 0.1) is 6.10 Å². The molecule has 0 radical (unpaired) electrons. The Morgan fingerprint density at radius 1 is 1.26 bits per heavy atom. The van der Waals surface area contributed by atoms with Crippen LogP contribution in [-0.4, -0.2) is 14.4 Å². The van der Waals surface area contributed by atoms with Crippen LogP contribution in [0.1, 0.15) is 48.0 Å².